The molecule has 0 aromatic heterocycles. The molecule has 29 heavy (non-hydrogen) atoms. The average Bonchev–Trinajstić information content (AvgIpc) is 2.71. The van der Waals surface area contributed by atoms with E-state index >= 15 is 0 Å². The molecule has 3 rings (SSSR count). The molecule has 1 saturated heterocycles. The number of carbonyl (C=O) groups is 1. The van der Waals surface area contributed by atoms with Gasteiger partial charge in [0.15, 0.2) is 23.3 Å². The summed E-state index contributed by atoms with van der Waals surface area (Å²) in [6, 6.07) is 6.55. The molecule has 4 nitrogen and oxygen atoms in total. The normalized spacial score (nSPS) is 14.5. The van der Waals surface area contributed by atoms with Gasteiger partial charge in [-0.25, -0.2) is 22.0 Å². The molecule has 2 aromatic rings. The summed E-state index contributed by atoms with van der Waals surface area (Å²) < 4.78 is 73.6. The van der Waals surface area contributed by atoms with Crippen LogP contribution in [-0.4, -0.2) is 43.1 Å². The van der Waals surface area contributed by atoms with E-state index in [2.05, 4.69) is 0 Å². The number of amides is 1. The minimum absolute atomic E-state index is 0.00782. The van der Waals surface area contributed by atoms with Gasteiger partial charge in [-0.2, -0.15) is 0 Å². The number of ether oxygens (including phenoxy) is 1. The molecule has 1 aliphatic heterocycles. The molecule has 1 fully saturated rings. The van der Waals surface area contributed by atoms with E-state index in [-0.39, 0.29) is 38.2 Å². The van der Waals surface area contributed by atoms with Crippen molar-refractivity contribution in [2.24, 2.45) is 0 Å². The number of benzene rings is 2. The monoisotopic (exact) mass is 414 g/mol. The third kappa shape index (κ3) is 4.13. The standard InChI is InChI=1S/C20H19F5N2O2/c1-11(2)29-13-5-3-12(4-6-13)20(28)27-9-7-26(8-10-27)19-17(24)15(22)14(21)16(23)18(19)25/h3-6,11H,7-10H2,1-2H3. The number of rotatable bonds is 4. The summed E-state index contributed by atoms with van der Waals surface area (Å²) in [5.41, 5.74) is -0.561. The zero-order valence-electron chi connectivity index (χ0n) is 15.8. The van der Waals surface area contributed by atoms with Crippen LogP contribution >= 0.6 is 0 Å². The van der Waals surface area contributed by atoms with Crippen LogP contribution in [0.4, 0.5) is 27.6 Å². The topological polar surface area (TPSA) is 32.8 Å². The van der Waals surface area contributed by atoms with E-state index in [4.69, 9.17) is 4.74 Å². The first kappa shape index (κ1) is 20.9. The molecule has 0 radical (unpaired) electrons. The number of nitrogens with zero attached hydrogens (tertiary/aromatic N) is 2. The Kier molecular flexibility index (Phi) is 5.95. The fourth-order valence-corrected chi connectivity index (χ4v) is 3.13. The van der Waals surface area contributed by atoms with Gasteiger partial charge >= 0.3 is 0 Å². The van der Waals surface area contributed by atoms with Gasteiger partial charge in [0.05, 0.1) is 6.10 Å². The minimum atomic E-state index is -2.19. The maximum atomic E-state index is 14.0. The van der Waals surface area contributed by atoms with Crippen molar-refractivity contribution in [1.82, 2.24) is 4.90 Å². The van der Waals surface area contributed by atoms with Crippen LogP contribution in [0.1, 0.15) is 24.2 Å². The summed E-state index contributed by atoms with van der Waals surface area (Å²) >= 11 is 0. The first-order chi connectivity index (χ1) is 13.7. The molecule has 1 heterocycles. The molecule has 0 N–H and O–H groups in total. The van der Waals surface area contributed by atoms with Gasteiger partial charge in [-0.3, -0.25) is 4.79 Å². The van der Waals surface area contributed by atoms with Crippen molar-refractivity contribution >= 4 is 11.6 Å². The van der Waals surface area contributed by atoms with Crippen LogP contribution in [-0.2, 0) is 0 Å². The molecule has 0 aliphatic carbocycles. The molecule has 1 amide bonds. The number of hydrogen-bond acceptors (Lipinski definition) is 3. The van der Waals surface area contributed by atoms with Crippen LogP contribution in [0.25, 0.3) is 0 Å². The Bertz CT molecular complexity index is 881. The molecule has 0 spiro atoms. The number of hydrogen-bond donors (Lipinski definition) is 0. The number of piperazine rings is 1. The Hall–Kier alpha value is -2.84. The summed E-state index contributed by atoms with van der Waals surface area (Å²) in [6.07, 6.45) is -0.00782. The van der Waals surface area contributed by atoms with E-state index in [0.717, 1.165) is 4.90 Å². The Morgan fingerprint density at radius 1 is 0.828 bits per heavy atom. The average molecular weight is 414 g/mol. The van der Waals surface area contributed by atoms with Gasteiger partial charge in [-0.15, -0.1) is 0 Å². The first-order valence-corrected chi connectivity index (χ1v) is 9.03. The molecule has 0 saturated carbocycles. The zero-order valence-corrected chi connectivity index (χ0v) is 15.8. The van der Waals surface area contributed by atoms with E-state index in [9.17, 15) is 26.7 Å². The predicted molar refractivity (Wildman–Crippen MR) is 96.6 cm³/mol. The van der Waals surface area contributed by atoms with Crippen molar-refractivity contribution in [3.05, 3.63) is 58.9 Å². The van der Waals surface area contributed by atoms with E-state index in [1.807, 2.05) is 13.8 Å². The van der Waals surface area contributed by atoms with Crippen molar-refractivity contribution < 1.29 is 31.5 Å². The van der Waals surface area contributed by atoms with Gasteiger partial charge in [0.2, 0.25) is 5.82 Å². The maximum absolute atomic E-state index is 14.0. The number of halogens is 5. The molecule has 0 bridgehead atoms. The Morgan fingerprint density at radius 3 is 1.79 bits per heavy atom. The van der Waals surface area contributed by atoms with Crippen molar-refractivity contribution in [1.29, 1.82) is 0 Å². The zero-order chi connectivity index (χ0) is 21.3. The lowest BCUT2D eigenvalue weighted by Crippen LogP contribution is -2.49. The molecule has 9 heteroatoms. The molecule has 0 unspecified atom stereocenters. The lowest BCUT2D eigenvalue weighted by atomic mass is 10.1. The van der Waals surface area contributed by atoms with Crippen molar-refractivity contribution in [3.8, 4) is 5.75 Å². The summed E-state index contributed by atoms with van der Waals surface area (Å²) in [6.45, 7) is 3.76. The first-order valence-electron chi connectivity index (χ1n) is 9.03. The minimum Gasteiger partial charge on any atom is -0.491 e. The molecule has 0 atom stereocenters. The summed E-state index contributed by atoms with van der Waals surface area (Å²) in [7, 11) is 0. The van der Waals surface area contributed by atoms with Crippen molar-refractivity contribution in [3.63, 3.8) is 0 Å². The Morgan fingerprint density at radius 2 is 1.31 bits per heavy atom. The van der Waals surface area contributed by atoms with Crippen LogP contribution in [0.2, 0.25) is 0 Å². The fourth-order valence-electron chi connectivity index (χ4n) is 3.13. The lowest BCUT2D eigenvalue weighted by Gasteiger charge is -2.36. The van der Waals surface area contributed by atoms with E-state index in [0.29, 0.717) is 11.3 Å². The third-order valence-electron chi connectivity index (χ3n) is 4.54. The largest absolute Gasteiger partial charge is 0.491 e. The Balaban J connectivity index is 1.70. The SMILES string of the molecule is CC(C)Oc1ccc(C(=O)N2CCN(c3c(F)c(F)c(F)c(F)c3F)CC2)cc1. The van der Waals surface area contributed by atoms with Gasteiger partial charge < -0.3 is 14.5 Å². The summed E-state index contributed by atoms with van der Waals surface area (Å²) in [5.74, 6) is -9.58. The second-order valence-electron chi connectivity index (χ2n) is 6.89. The van der Waals surface area contributed by atoms with Gasteiger partial charge in [-0.05, 0) is 38.1 Å². The van der Waals surface area contributed by atoms with Crippen LogP contribution in [0.15, 0.2) is 24.3 Å². The molecule has 1 aliphatic rings. The lowest BCUT2D eigenvalue weighted by molar-refractivity contribution is 0.0746. The summed E-state index contributed by atoms with van der Waals surface area (Å²) in [4.78, 5) is 15.1. The van der Waals surface area contributed by atoms with Gasteiger partial charge in [0.1, 0.15) is 11.4 Å². The smallest absolute Gasteiger partial charge is 0.253 e. The Labute approximate surface area is 164 Å². The highest BCUT2D eigenvalue weighted by molar-refractivity contribution is 5.94. The quantitative estimate of drug-likeness (QED) is 0.429. The highest BCUT2D eigenvalue weighted by Crippen LogP contribution is 2.31. The number of anilines is 1. The highest BCUT2D eigenvalue weighted by atomic mass is 19.2. The fraction of sp³-hybridized carbons (Fsp3) is 0.350. The van der Waals surface area contributed by atoms with Crippen LogP contribution < -0.4 is 9.64 Å². The van der Waals surface area contributed by atoms with E-state index in [1.54, 1.807) is 24.3 Å². The van der Waals surface area contributed by atoms with Crippen LogP contribution in [0, 0.1) is 29.1 Å². The van der Waals surface area contributed by atoms with Gasteiger partial charge in [0.25, 0.3) is 5.91 Å². The molecular formula is C20H19F5N2O2. The molecular weight excluding hydrogens is 395 g/mol. The van der Waals surface area contributed by atoms with Gasteiger partial charge in [-0.1, -0.05) is 0 Å². The predicted octanol–water partition coefficient (Wildman–Crippen LogP) is 4.13. The van der Waals surface area contributed by atoms with E-state index < -0.39 is 34.8 Å². The van der Waals surface area contributed by atoms with Crippen molar-refractivity contribution in [2.75, 3.05) is 31.1 Å². The molecule has 2 aromatic carbocycles. The van der Waals surface area contributed by atoms with Crippen LogP contribution in [0.5, 0.6) is 5.75 Å². The maximum Gasteiger partial charge on any atom is 0.253 e. The van der Waals surface area contributed by atoms with E-state index in [1.165, 1.54) is 4.90 Å². The third-order valence-corrected chi connectivity index (χ3v) is 4.54. The molecule has 156 valence electrons. The second kappa shape index (κ2) is 8.26. The summed E-state index contributed by atoms with van der Waals surface area (Å²) in [5, 5.41) is 0. The van der Waals surface area contributed by atoms with Gasteiger partial charge in [0, 0.05) is 31.7 Å². The van der Waals surface area contributed by atoms with Crippen LogP contribution in [0.3, 0.4) is 0 Å². The van der Waals surface area contributed by atoms with Crippen molar-refractivity contribution in [2.45, 2.75) is 20.0 Å². The highest BCUT2D eigenvalue weighted by Gasteiger charge is 2.31. The second-order valence-corrected chi connectivity index (χ2v) is 6.89. The number of carbonyl (C=O) groups excluding carboxylic acids is 1.